The highest BCUT2D eigenvalue weighted by molar-refractivity contribution is 7.18. The molecule has 6 heterocycles. The number of phenolic OH excluding ortho intramolecular Hbond substituents is 1. The van der Waals surface area contributed by atoms with Gasteiger partial charge in [0.15, 0.2) is 35.6 Å². The van der Waals surface area contributed by atoms with Gasteiger partial charge in [0.25, 0.3) is 11.5 Å². The van der Waals surface area contributed by atoms with Gasteiger partial charge in [-0.1, -0.05) is 6.07 Å². The van der Waals surface area contributed by atoms with E-state index in [0.29, 0.717) is 56.3 Å². The van der Waals surface area contributed by atoms with Gasteiger partial charge in [-0.25, -0.2) is 9.78 Å². The second kappa shape index (κ2) is 21.4. The Morgan fingerprint density at radius 1 is 0.932 bits per heavy atom. The van der Waals surface area contributed by atoms with Crippen LogP contribution in [0, 0.1) is 18.8 Å². The maximum atomic E-state index is 13.4. The monoisotopic (exact) mass is 1050 g/mol. The number of nitrogens with one attached hydrogen (secondary N) is 2. The van der Waals surface area contributed by atoms with Crippen molar-refractivity contribution in [3.63, 3.8) is 0 Å². The van der Waals surface area contributed by atoms with Crippen LogP contribution in [-0.2, 0) is 44.6 Å². The molecule has 11 atom stereocenters. The number of phenols is 1. The van der Waals surface area contributed by atoms with Crippen molar-refractivity contribution < 1.29 is 87.3 Å². The summed E-state index contributed by atoms with van der Waals surface area (Å²) in [5.41, 5.74) is 3.31. The highest BCUT2D eigenvalue weighted by atomic mass is 32.1. The average Bonchev–Trinajstić information content (AvgIpc) is 4.15. The molecule has 394 valence electrons. The molecule has 5 aliphatic rings. The number of esters is 1. The number of aliphatic carboxylic acids is 2. The predicted molar refractivity (Wildman–Crippen MR) is 258 cm³/mol. The lowest BCUT2D eigenvalue weighted by atomic mass is 9.66. The Labute approximate surface area is 425 Å². The Bertz CT molecular complexity index is 2990. The Balaban J connectivity index is 0.000000189. The number of methoxy groups -OCH3 is 2. The van der Waals surface area contributed by atoms with Gasteiger partial charge in [-0.15, -0.1) is 11.3 Å². The maximum Gasteiger partial charge on any atom is 0.326 e. The number of anilines is 1. The molecule has 10 rings (SSSR count). The Morgan fingerprint density at radius 3 is 2.34 bits per heavy atom. The molecule has 3 aromatic carbocycles. The number of cyclic esters (lactones) is 1. The normalized spacial score (nSPS) is 25.8. The Hall–Kier alpha value is -7.06. The van der Waals surface area contributed by atoms with E-state index in [1.807, 2.05) is 18.0 Å². The summed E-state index contributed by atoms with van der Waals surface area (Å²) in [6, 6.07) is 14.4. The van der Waals surface area contributed by atoms with Crippen LogP contribution in [-0.4, -0.2) is 144 Å². The van der Waals surface area contributed by atoms with E-state index in [1.54, 1.807) is 62.4 Å². The van der Waals surface area contributed by atoms with Crippen LogP contribution in [0.15, 0.2) is 59.4 Å². The number of aryl methyl sites for hydroxylation is 1. The van der Waals surface area contributed by atoms with Gasteiger partial charge in [-0.3, -0.25) is 19.2 Å². The van der Waals surface area contributed by atoms with Gasteiger partial charge in [-0.2, -0.15) is 0 Å². The number of carboxylic acid groups (broad SMARTS) is 2. The summed E-state index contributed by atoms with van der Waals surface area (Å²) in [6.45, 7) is 4.12. The van der Waals surface area contributed by atoms with E-state index >= 15 is 0 Å². The number of aliphatic hydroxyl groups is 2. The number of carbonyl (C=O) groups excluding carboxylic acids is 2. The molecule has 2 aromatic heterocycles. The van der Waals surface area contributed by atoms with E-state index in [9.17, 15) is 44.4 Å². The number of hydrogen-bond donors (Lipinski definition) is 7. The molecule has 3 fully saturated rings. The van der Waals surface area contributed by atoms with Crippen molar-refractivity contribution in [3.8, 4) is 28.7 Å². The van der Waals surface area contributed by atoms with Gasteiger partial charge < -0.3 is 83.4 Å². The van der Waals surface area contributed by atoms with Gasteiger partial charge >= 0.3 is 17.9 Å². The molecule has 0 spiro atoms. The second-order valence-corrected chi connectivity index (χ2v) is 19.3. The van der Waals surface area contributed by atoms with Crippen LogP contribution in [0.3, 0.4) is 0 Å². The molecule has 0 bridgehead atoms. The number of ether oxygens (including phenoxy) is 9. The molecule has 7 N–H and O–H groups in total. The third kappa shape index (κ3) is 10.4. The number of fused-ring (bicyclic) bond motifs is 5. The molecule has 2 unspecified atom stereocenters. The number of aromatic nitrogens is 2. The standard InChI is InChI=1S/C29H32O13.C21H22N4O6S/c1-11-36-9-20-27(40-11)24(31)25(32)29(41-20)42-26-14-7-17-16(38-10-39-17)6-13(14)21(22-15(26)8-37-28(22)33)12-4-18(34-2)23(30)19(5-12)35-3;1-11-22-14-4-3-12(9-13(14)19(28)23-11)10-25(2)17-7-6-16(32-17)20(29)24-15(21(30)31)5-8-18(26)27/h4-7,11,15,20-22,24-27,29-32H,8-10H2,1-3H3;3-4,6-7,9,15H,5,8,10H2,1-2H3,(H,24,29)(H,26,27)(H,30,31)(H,22,23,28)/t11-,15?,20-,21-,22+,24-,25-,26?,27-,29+;15-/m10/s1. The first-order chi connectivity index (χ1) is 35.4. The fraction of sp³-hybridized carbons (Fsp3) is 0.440. The first kappa shape index (κ1) is 51.8. The molecule has 24 heteroatoms. The van der Waals surface area contributed by atoms with Crippen LogP contribution in [0.1, 0.15) is 69.5 Å². The maximum absolute atomic E-state index is 13.4. The van der Waals surface area contributed by atoms with Crippen molar-refractivity contribution in [1.29, 1.82) is 0 Å². The van der Waals surface area contributed by atoms with E-state index in [4.69, 9.17) is 47.7 Å². The minimum atomic E-state index is -1.44. The van der Waals surface area contributed by atoms with E-state index < -0.39 is 90.7 Å². The molecule has 0 saturated carbocycles. The smallest absolute Gasteiger partial charge is 0.326 e. The summed E-state index contributed by atoms with van der Waals surface area (Å²) in [4.78, 5) is 69.2. The number of benzene rings is 3. The van der Waals surface area contributed by atoms with Crippen molar-refractivity contribution in [1.82, 2.24) is 15.3 Å². The van der Waals surface area contributed by atoms with Crippen LogP contribution in [0.5, 0.6) is 28.7 Å². The van der Waals surface area contributed by atoms with Crippen molar-refractivity contribution in [2.75, 3.05) is 46.2 Å². The molecule has 5 aromatic rings. The lowest BCUT2D eigenvalue weighted by molar-refractivity contribution is -0.364. The highest BCUT2D eigenvalue weighted by Gasteiger charge is 2.56. The minimum Gasteiger partial charge on any atom is -0.502 e. The van der Waals surface area contributed by atoms with E-state index in [2.05, 4.69) is 15.3 Å². The fourth-order valence-electron chi connectivity index (χ4n) is 9.90. The lowest BCUT2D eigenvalue weighted by Gasteiger charge is -2.47. The zero-order valence-electron chi connectivity index (χ0n) is 40.5. The fourth-order valence-corrected chi connectivity index (χ4v) is 10.8. The molecule has 4 aliphatic heterocycles. The summed E-state index contributed by atoms with van der Waals surface area (Å²) < 4.78 is 51.5. The third-order valence-corrected chi connectivity index (χ3v) is 14.7. The number of aliphatic hydroxyl groups excluding tert-OH is 2. The summed E-state index contributed by atoms with van der Waals surface area (Å²) in [5, 5.41) is 54.1. The summed E-state index contributed by atoms with van der Waals surface area (Å²) in [7, 11) is 4.70. The van der Waals surface area contributed by atoms with Gasteiger partial charge in [0.1, 0.15) is 36.3 Å². The van der Waals surface area contributed by atoms with Gasteiger partial charge in [0.2, 0.25) is 12.5 Å². The van der Waals surface area contributed by atoms with Crippen LogP contribution in [0.25, 0.3) is 10.9 Å². The lowest BCUT2D eigenvalue weighted by Crippen LogP contribution is -2.63. The molecule has 3 saturated heterocycles. The van der Waals surface area contributed by atoms with Crippen LogP contribution < -0.4 is 34.7 Å². The van der Waals surface area contributed by atoms with Crippen molar-refractivity contribution in [2.45, 2.75) is 88.3 Å². The largest absolute Gasteiger partial charge is 0.502 e. The first-order valence-corrected chi connectivity index (χ1v) is 24.3. The van der Waals surface area contributed by atoms with Crippen molar-refractivity contribution in [2.24, 2.45) is 11.8 Å². The predicted octanol–water partition coefficient (Wildman–Crippen LogP) is 3.32. The topological polar surface area (TPSA) is 314 Å². The average molecular weight is 1050 g/mol. The zero-order valence-corrected chi connectivity index (χ0v) is 41.4. The zero-order chi connectivity index (χ0) is 52.7. The van der Waals surface area contributed by atoms with E-state index in [1.165, 1.54) is 25.6 Å². The van der Waals surface area contributed by atoms with Gasteiger partial charge in [0, 0.05) is 31.8 Å². The molecule has 1 amide bonds. The number of H-pyrrole nitrogens is 1. The molecular weight excluding hydrogens is 993 g/mol. The van der Waals surface area contributed by atoms with E-state index in [-0.39, 0.29) is 55.7 Å². The highest BCUT2D eigenvalue weighted by Crippen LogP contribution is 2.57. The number of carboxylic acids is 2. The molecular formula is C50H54N4O19S. The third-order valence-electron chi connectivity index (χ3n) is 13.5. The summed E-state index contributed by atoms with van der Waals surface area (Å²) in [6.07, 6.45) is -7.36. The molecule has 74 heavy (non-hydrogen) atoms. The van der Waals surface area contributed by atoms with Gasteiger partial charge in [0.05, 0.1) is 60.2 Å². The number of aromatic hydroxyl groups is 1. The van der Waals surface area contributed by atoms with E-state index in [0.717, 1.165) is 10.6 Å². The SMILES string of the molecule is COc1cc([C@@H]2c3cc4c(cc3C(O[C@@H]3O[C@@H]5CO[C@@H](C)O[C@H]5[C@H](O)[C@H]3O)C3COC(=O)[C@@H]32)OCO4)cc(OC)c1O.Cc1nc2ccc(CN(C)c3ccc(C(=O)N[C@@H](CCC(=O)O)C(=O)O)s3)cc2c(=O)[nH]1. The number of rotatable bonds is 14. The van der Waals surface area contributed by atoms with Crippen LogP contribution >= 0.6 is 11.3 Å². The Kier molecular flexibility index (Phi) is 15.0. The number of hydrogen-bond acceptors (Lipinski definition) is 20. The first-order valence-electron chi connectivity index (χ1n) is 23.5. The van der Waals surface area contributed by atoms with Crippen molar-refractivity contribution >= 4 is 51.1 Å². The number of aromatic amines is 1. The van der Waals surface area contributed by atoms with Gasteiger partial charge in [-0.05, 0) is 91.1 Å². The summed E-state index contributed by atoms with van der Waals surface area (Å²) in [5.74, 6) is -3.48. The number of carbonyl (C=O) groups is 4. The summed E-state index contributed by atoms with van der Waals surface area (Å²) >= 11 is 1.18. The van der Waals surface area contributed by atoms with Crippen LogP contribution in [0.2, 0.25) is 0 Å². The minimum absolute atomic E-state index is 0.0301. The second-order valence-electron chi connectivity index (χ2n) is 18.3. The number of amides is 1. The molecule has 1 aliphatic carbocycles. The number of thiophene rings is 1. The number of nitrogens with zero attached hydrogens (tertiary/aromatic N) is 2. The quantitative estimate of drug-likeness (QED) is 0.0785. The molecule has 0 radical (unpaired) electrons. The van der Waals surface area contributed by atoms with Crippen LogP contribution in [0.4, 0.5) is 5.00 Å². The van der Waals surface area contributed by atoms with Crippen molar-refractivity contribution in [3.05, 3.63) is 97.9 Å². The Morgan fingerprint density at radius 2 is 1.65 bits per heavy atom. The molecule has 23 nitrogen and oxygen atoms in total.